The van der Waals surface area contributed by atoms with Crippen molar-refractivity contribution in [3.8, 4) is 0 Å². The lowest BCUT2D eigenvalue weighted by molar-refractivity contribution is 0.0695. The van der Waals surface area contributed by atoms with Crippen LogP contribution < -0.4 is 5.32 Å². The fraction of sp³-hybridized carbons (Fsp3) is 0.556. The van der Waals surface area contributed by atoms with E-state index in [1.165, 1.54) is 6.20 Å². The van der Waals surface area contributed by atoms with Gasteiger partial charge in [0, 0.05) is 12.5 Å². The van der Waals surface area contributed by atoms with Crippen molar-refractivity contribution in [2.45, 2.75) is 18.8 Å². The number of piperidine rings is 1. The van der Waals surface area contributed by atoms with Gasteiger partial charge in [0.15, 0.2) is 0 Å². The van der Waals surface area contributed by atoms with Gasteiger partial charge in [-0.25, -0.2) is 4.79 Å². The van der Waals surface area contributed by atoms with Gasteiger partial charge in [-0.2, -0.15) is 5.10 Å². The molecule has 0 radical (unpaired) electrons. The number of carboxylic acids is 1. The Labute approximate surface area is 93.7 Å². The third kappa shape index (κ3) is 2.49. The number of aromatic carboxylic acids is 1. The molecule has 0 aliphatic carbocycles. The van der Waals surface area contributed by atoms with Crippen LogP contribution in [0.1, 0.15) is 34.8 Å². The summed E-state index contributed by atoms with van der Waals surface area (Å²) in [5.41, 5.74) is 1.06. The molecule has 1 unspecified atom stereocenters. The van der Waals surface area contributed by atoms with E-state index in [4.69, 9.17) is 5.11 Å². The molecular weight excluding hydrogens is 218 g/mol. The van der Waals surface area contributed by atoms with E-state index < -0.39 is 5.97 Å². The topological polar surface area (TPSA) is 78.0 Å². The average molecular weight is 232 g/mol. The monoisotopic (exact) mass is 231 g/mol. The summed E-state index contributed by atoms with van der Waals surface area (Å²) in [4.78, 5) is 10.8. The van der Waals surface area contributed by atoms with Gasteiger partial charge in [-0.15, -0.1) is 12.4 Å². The first-order chi connectivity index (χ1) is 6.79. The molecule has 0 aromatic carbocycles. The summed E-state index contributed by atoms with van der Waals surface area (Å²) in [6.45, 7) is 1.86. The van der Waals surface area contributed by atoms with Crippen LogP contribution in [-0.4, -0.2) is 34.4 Å². The number of hydrogen-bond donors (Lipinski definition) is 3. The molecule has 1 aromatic heterocycles. The van der Waals surface area contributed by atoms with E-state index in [1.54, 1.807) is 0 Å². The molecule has 6 heteroatoms. The third-order valence-electron chi connectivity index (χ3n) is 2.60. The molecule has 1 aliphatic rings. The molecule has 3 N–H and O–H groups in total. The minimum atomic E-state index is -0.903. The van der Waals surface area contributed by atoms with Crippen molar-refractivity contribution >= 4 is 18.4 Å². The molecule has 0 spiro atoms. The van der Waals surface area contributed by atoms with Crippen LogP contribution in [0.15, 0.2) is 6.20 Å². The second kappa shape index (κ2) is 5.14. The molecule has 2 rings (SSSR count). The molecule has 5 nitrogen and oxygen atoms in total. The van der Waals surface area contributed by atoms with Crippen molar-refractivity contribution in [3.05, 3.63) is 17.5 Å². The van der Waals surface area contributed by atoms with Gasteiger partial charge in [-0.3, -0.25) is 5.10 Å². The van der Waals surface area contributed by atoms with Gasteiger partial charge in [0.2, 0.25) is 0 Å². The van der Waals surface area contributed by atoms with E-state index >= 15 is 0 Å². The van der Waals surface area contributed by atoms with Crippen LogP contribution in [0.3, 0.4) is 0 Å². The Morgan fingerprint density at radius 3 is 3.00 bits per heavy atom. The number of aromatic amines is 1. The van der Waals surface area contributed by atoms with Gasteiger partial charge in [-0.1, -0.05) is 0 Å². The van der Waals surface area contributed by atoms with Gasteiger partial charge in [0.25, 0.3) is 0 Å². The van der Waals surface area contributed by atoms with Crippen molar-refractivity contribution in [1.82, 2.24) is 15.5 Å². The number of halogens is 1. The highest BCUT2D eigenvalue weighted by Crippen LogP contribution is 2.23. The molecule has 0 bridgehead atoms. The van der Waals surface area contributed by atoms with E-state index in [2.05, 4.69) is 15.5 Å². The number of nitrogens with zero attached hydrogens (tertiary/aromatic N) is 1. The molecule has 1 fully saturated rings. The second-order valence-corrected chi connectivity index (χ2v) is 3.55. The normalized spacial score (nSPS) is 20.7. The van der Waals surface area contributed by atoms with E-state index in [1.807, 2.05) is 0 Å². The van der Waals surface area contributed by atoms with Crippen LogP contribution in [0, 0.1) is 0 Å². The van der Waals surface area contributed by atoms with Crippen LogP contribution >= 0.6 is 12.4 Å². The summed E-state index contributed by atoms with van der Waals surface area (Å²) < 4.78 is 0. The van der Waals surface area contributed by atoms with Gasteiger partial charge in [0.05, 0.1) is 11.9 Å². The van der Waals surface area contributed by atoms with Crippen molar-refractivity contribution in [2.75, 3.05) is 13.1 Å². The smallest absolute Gasteiger partial charge is 0.339 e. The Kier molecular flexibility index (Phi) is 4.11. The highest BCUT2D eigenvalue weighted by molar-refractivity contribution is 5.88. The molecule has 1 saturated heterocycles. The minimum absolute atomic E-state index is 0. The molecule has 84 valence electrons. The van der Waals surface area contributed by atoms with Gasteiger partial charge in [0.1, 0.15) is 5.56 Å². The summed E-state index contributed by atoms with van der Waals surface area (Å²) in [6, 6.07) is 0. The lowest BCUT2D eigenvalue weighted by Gasteiger charge is -2.21. The van der Waals surface area contributed by atoms with Crippen LogP contribution in [0.25, 0.3) is 0 Å². The summed E-state index contributed by atoms with van der Waals surface area (Å²) in [6.07, 6.45) is 3.49. The molecule has 0 saturated carbocycles. The van der Waals surface area contributed by atoms with Crippen molar-refractivity contribution in [3.63, 3.8) is 0 Å². The molecule has 1 atom stereocenters. The number of hydrogen-bond acceptors (Lipinski definition) is 3. The first-order valence-electron chi connectivity index (χ1n) is 4.76. The Balaban J connectivity index is 0.00000112. The van der Waals surface area contributed by atoms with Crippen LogP contribution in [-0.2, 0) is 0 Å². The van der Waals surface area contributed by atoms with E-state index in [-0.39, 0.29) is 18.3 Å². The maximum absolute atomic E-state index is 10.8. The van der Waals surface area contributed by atoms with Crippen molar-refractivity contribution < 1.29 is 9.90 Å². The molecule has 0 amide bonds. The maximum atomic E-state index is 10.8. The Hall–Kier alpha value is -1.07. The Morgan fingerprint density at radius 1 is 1.60 bits per heavy atom. The largest absolute Gasteiger partial charge is 0.478 e. The lowest BCUT2D eigenvalue weighted by Crippen LogP contribution is -2.29. The maximum Gasteiger partial charge on any atom is 0.339 e. The first kappa shape index (κ1) is 12.0. The van der Waals surface area contributed by atoms with Gasteiger partial charge < -0.3 is 10.4 Å². The zero-order valence-electron chi connectivity index (χ0n) is 8.19. The van der Waals surface area contributed by atoms with E-state index in [9.17, 15) is 4.79 Å². The molecule has 1 aliphatic heterocycles. The Bertz CT molecular complexity index is 334. The second-order valence-electron chi connectivity index (χ2n) is 3.55. The number of nitrogens with one attached hydrogen (secondary N) is 2. The minimum Gasteiger partial charge on any atom is -0.478 e. The van der Waals surface area contributed by atoms with Crippen molar-refractivity contribution in [2.24, 2.45) is 0 Å². The molecule has 15 heavy (non-hydrogen) atoms. The molecule has 2 heterocycles. The highest BCUT2D eigenvalue weighted by Gasteiger charge is 2.22. The fourth-order valence-electron chi connectivity index (χ4n) is 1.88. The van der Waals surface area contributed by atoms with E-state index in [0.717, 1.165) is 31.6 Å². The number of H-pyrrole nitrogens is 1. The predicted octanol–water partition coefficient (Wildman–Crippen LogP) is 0.997. The average Bonchev–Trinajstić information content (AvgIpc) is 2.67. The lowest BCUT2D eigenvalue weighted by atomic mass is 9.94. The first-order valence-corrected chi connectivity index (χ1v) is 4.76. The highest BCUT2D eigenvalue weighted by atomic mass is 35.5. The zero-order chi connectivity index (χ0) is 9.97. The van der Waals surface area contributed by atoms with Crippen molar-refractivity contribution in [1.29, 1.82) is 0 Å². The van der Waals surface area contributed by atoms with Crippen LogP contribution in [0.2, 0.25) is 0 Å². The predicted molar refractivity (Wildman–Crippen MR) is 57.6 cm³/mol. The number of carbonyl (C=O) groups is 1. The zero-order valence-corrected chi connectivity index (χ0v) is 9.01. The fourth-order valence-corrected chi connectivity index (χ4v) is 1.88. The summed E-state index contributed by atoms with van der Waals surface area (Å²) in [5, 5.41) is 18.7. The summed E-state index contributed by atoms with van der Waals surface area (Å²) in [7, 11) is 0. The number of carboxylic acid groups (broad SMARTS) is 1. The van der Waals surface area contributed by atoms with E-state index in [0.29, 0.717) is 5.56 Å². The Morgan fingerprint density at radius 2 is 2.40 bits per heavy atom. The number of rotatable bonds is 2. The molecule has 1 aromatic rings. The summed E-state index contributed by atoms with van der Waals surface area (Å²) >= 11 is 0. The van der Waals surface area contributed by atoms with Crippen LogP contribution in [0.4, 0.5) is 0 Å². The number of aromatic nitrogens is 2. The summed E-state index contributed by atoms with van der Waals surface area (Å²) in [5.74, 6) is -0.642. The SMILES string of the molecule is Cl.O=C(O)c1cn[nH]c1C1CCCNC1. The van der Waals surface area contributed by atoms with Gasteiger partial charge >= 0.3 is 5.97 Å². The standard InChI is InChI=1S/C9H13N3O2.ClH/c13-9(14)7-5-11-12-8(7)6-2-1-3-10-4-6;/h5-6,10H,1-4H2,(H,11,12)(H,13,14);1H. The van der Waals surface area contributed by atoms with Gasteiger partial charge in [-0.05, 0) is 19.4 Å². The van der Waals surface area contributed by atoms with Crippen LogP contribution in [0.5, 0.6) is 0 Å². The third-order valence-corrected chi connectivity index (χ3v) is 2.60. The molecular formula is C9H14ClN3O2. The quantitative estimate of drug-likeness (QED) is 0.710.